The van der Waals surface area contributed by atoms with E-state index in [-0.39, 0.29) is 11.8 Å². The summed E-state index contributed by atoms with van der Waals surface area (Å²) in [4.78, 5) is 11.8. The maximum absolute atomic E-state index is 11.8. The summed E-state index contributed by atoms with van der Waals surface area (Å²) in [5.74, 6) is -0.380. The Labute approximate surface area is 105 Å². The Morgan fingerprint density at radius 1 is 1.44 bits per heavy atom. The van der Waals surface area contributed by atoms with Gasteiger partial charge in [0.05, 0.1) is 5.92 Å². The van der Waals surface area contributed by atoms with E-state index in [0.717, 1.165) is 16.8 Å². The molecule has 1 saturated carbocycles. The van der Waals surface area contributed by atoms with Crippen LogP contribution in [0.1, 0.15) is 17.5 Å². The van der Waals surface area contributed by atoms with Crippen molar-refractivity contribution >= 4 is 34.8 Å². The second-order valence-electron chi connectivity index (χ2n) is 4.25. The zero-order chi connectivity index (χ0) is 11.9. The van der Waals surface area contributed by atoms with E-state index in [2.05, 4.69) is 5.32 Å². The van der Waals surface area contributed by atoms with Gasteiger partial charge in [-0.3, -0.25) is 4.79 Å². The molecule has 1 amide bonds. The minimum absolute atomic E-state index is 0.0984. The molecular formula is C12H13Cl2NO. The Kier molecular flexibility index (Phi) is 2.89. The van der Waals surface area contributed by atoms with E-state index in [9.17, 15) is 4.79 Å². The van der Waals surface area contributed by atoms with Crippen LogP contribution in [0.4, 0.5) is 5.69 Å². The van der Waals surface area contributed by atoms with E-state index >= 15 is 0 Å². The Bertz CT molecular complexity index is 443. The number of amides is 1. The first-order chi connectivity index (χ1) is 7.42. The number of carbonyl (C=O) groups is 1. The van der Waals surface area contributed by atoms with Crippen LogP contribution in [0.25, 0.3) is 0 Å². The van der Waals surface area contributed by atoms with E-state index in [1.807, 2.05) is 32.0 Å². The van der Waals surface area contributed by atoms with Crippen LogP contribution in [0.5, 0.6) is 0 Å². The Balaban J connectivity index is 2.10. The van der Waals surface area contributed by atoms with Gasteiger partial charge in [0.2, 0.25) is 5.91 Å². The van der Waals surface area contributed by atoms with Crippen molar-refractivity contribution in [2.24, 2.45) is 5.92 Å². The van der Waals surface area contributed by atoms with Crippen molar-refractivity contribution in [3.63, 3.8) is 0 Å². The third kappa shape index (κ3) is 2.18. The molecule has 1 aromatic rings. The highest BCUT2D eigenvalue weighted by atomic mass is 35.5. The smallest absolute Gasteiger partial charge is 0.230 e. The van der Waals surface area contributed by atoms with Gasteiger partial charge in [-0.05, 0) is 37.5 Å². The molecule has 2 nitrogen and oxygen atoms in total. The van der Waals surface area contributed by atoms with E-state index in [1.165, 1.54) is 0 Å². The number of nitrogens with one attached hydrogen (secondary N) is 1. The molecule has 0 aliphatic heterocycles. The molecule has 0 bridgehead atoms. The topological polar surface area (TPSA) is 29.1 Å². The van der Waals surface area contributed by atoms with Crippen LogP contribution in [0, 0.1) is 19.8 Å². The lowest BCUT2D eigenvalue weighted by Gasteiger charge is -2.10. The standard InChI is InChI=1S/C12H13Cl2NO/c1-7-4-3-5-10(8(7)2)15-11(16)9-6-12(9,13)14/h3-5,9H,6H2,1-2H3,(H,15,16)/t9-/m0/s1. The summed E-state index contributed by atoms with van der Waals surface area (Å²) in [6.07, 6.45) is 0.535. The summed E-state index contributed by atoms with van der Waals surface area (Å²) in [5, 5.41) is 2.86. The van der Waals surface area contributed by atoms with Gasteiger partial charge >= 0.3 is 0 Å². The van der Waals surface area contributed by atoms with Gasteiger partial charge in [0.15, 0.2) is 0 Å². The molecule has 0 spiro atoms. The normalized spacial score (nSPS) is 21.6. The van der Waals surface area contributed by atoms with Crippen molar-refractivity contribution in [2.75, 3.05) is 5.32 Å². The lowest BCUT2D eigenvalue weighted by atomic mass is 10.1. The van der Waals surface area contributed by atoms with Crippen LogP contribution in [-0.4, -0.2) is 10.2 Å². The lowest BCUT2D eigenvalue weighted by molar-refractivity contribution is -0.117. The van der Waals surface area contributed by atoms with E-state index in [4.69, 9.17) is 23.2 Å². The van der Waals surface area contributed by atoms with E-state index < -0.39 is 4.33 Å². The summed E-state index contributed by atoms with van der Waals surface area (Å²) < 4.78 is -0.859. The van der Waals surface area contributed by atoms with Crippen LogP contribution in [0.15, 0.2) is 18.2 Å². The van der Waals surface area contributed by atoms with Gasteiger partial charge in [0.25, 0.3) is 0 Å². The fourth-order valence-corrected chi connectivity index (χ4v) is 2.11. The molecule has 1 atom stereocenters. The fraction of sp³-hybridized carbons (Fsp3) is 0.417. The quantitative estimate of drug-likeness (QED) is 0.809. The van der Waals surface area contributed by atoms with Crippen LogP contribution >= 0.6 is 23.2 Å². The number of benzene rings is 1. The second kappa shape index (κ2) is 3.94. The van der Waals surface area contributed by atoms with Crippen molar-refractivity contribution in [2.45, 2.75) is 24.6 Å². The second-order valence-corrected chi connectivity index (χ2v) is 5.80. The number of halogens is 2. The molecule has 86 valence electrons. The average molecular weight is 258 g/mol. The Morgan fingerprint density at radius 3 is 2.62 bits per heavy atom. The van der Waals surface area contributed by atoms with E-state index in [1.54, 1.807) is 0 Å². The zero-order valence-electron chi connectivity index (χ0n) is 9.18. The predicted octanol–water partition coefficient (Wildman–Crippen LogP) is 3.44. The largest absolute Gasteiger partial charge is 0.326 e. The number of hydrogen-bond acceptors (Lipinski definition) is 1. The number of aryl methyl sites for hydroxylation is 1. The van der Waals surface area contributed by atoms with Gasteiger partial charge < -0.3 is 5.32 Å². The molecule has 1 N–H and O–H groups in total. The summed E-state index contributed by atoms with van der Waals surface area (Å²) >= 11 is 11.7. The Morgan fingerprint density at radius 2 is 2.06 bits per heavy atom. The zero-order valence-corrected chi connectivity index (χ0v) is 10.7. The SMILES string of the molecule is Cc1cccc(NC(=O)[C@@H]2CC2(Cl)Cl)c1C. The first-order valence-corrected chi connectivity index (χ1v) is 5.92. The van der Waals surface area contributed by atoms with Crippen molar-refractivity contribution in [1.29, 1.82) is 0 Å². The maximum Gasteiger partial charge on any atom is 0.230 e. The van der Waals surface area contributed by atoms with Crippen molar-refractivity contribution in [1.82, 2.24) is 0 Å². The van der Waals surface area contributed by atoms with Crippen molar-refractivity contribution in [3.05, 3.63) is 29.3 Å². The van der Waals surface area contributed by atoms with Crippen molar-refractivity contribution in [3.8, 4) is 0 Å². The van der Waals surface area contributed by atoms with Gasteiger partial charge in [-0.1, -0.05) is 12.1 Å². The molecule has 0 unspecified atom stereocenters. The molecule has 0 heterocycles. The number of alkyl halides is 2. The third-order valence-electron chi connectivity index (χ3n) is 3.00. The number of rotatable bonds is 2. The molecule has 1 aliphatic carbocycles. The van der Waals surface area contributed by atoms with Crippen molar-refractivity contribution < 1.29 is 4.79 Å². The summed E-state index contributed by atoms with van der Waals surface area (Å²) in [6.45, 7) is 3.99. The predicted molar refractivity (Wildman–Crippen MR) is 67.1 cm³/mol. The average Bonchev–Trinajstić information content (AvgIpc) is 2.83. The first kappa shape index (κ1) is 11.7. The summed E-state index contributed by atoms with van der Waals surface area (Å²) in [6, 6.07) is 5.81. The molecule has 0 aromatic heterocycles. The van der Waals surface area contributed by atoms with Crippen LogP contribution in [-0.2, 0) is 4.79 Å². The number of hydrogen-bond donors (Lipinski definition) is 1. The minimum Gasteiger partial charge on any atom is -0.326 e. The highest BCUT2D eigenvalue weighted by Crippen LogP contribution is 2.53. The fourth-order valence-electron chi connectivity index (χ4n) is 1.60. The molecule has 0 radical (unpaired) electrons. The third-order valence-corrected chi connectivity index (χ3v) is 3.84. The highest BCUT2D eigenvalue weighted by Gasteiger charge is 2.56. The molecule has 1 fully saturated rings. The van der Waals surface area contributed by atoms with Crippen LogP contribution in [0.2, 0.25) is 0 Å². The molecule has 0 saturated heterocycles. The highest BCUT2D eigenvalue weighted by molar-refractivity contribution is 6.52. The monoisotopic (exact) mass is 257 g/mol. The molecule has 1 aliphatic rings. The Hall–Kier alpha value is -0.730. The molecule has 16 heavy (non-hydrogen) atoms. The van der Waals surface area contributed by atoms with Crippen LogP contribution in [0.3, 0.4) is 0 Å². The van der Waals surface area contributed by atoms with Gasteiger partial charge in [-0.2, -0.15) is 0 Å². The number of anilines is 1. The minimum atomic E-state index is -0.859. The molecular weight excluding hydrogens is 245 g/mol. The van der Waals surface area contributed by atoms with Gasteiger partial charge in [-0.15, -0.1) is 23.2 Å². The molecule has 4 heteroatoms. The summed E-state index contributed by atoms with van der Waals surface area (Å²) in [7, 11) is 0. The van der Waals surface area contributed by atoms with Crippen LogP contribution < -0.4 is 5.32 Å². The van der Waals surface area contributed by atoms with Gasteiger partial charge in [-0.25, -0.2) is 0 Å². The van der Waals surface area contributed by atoms with E-state index in [0.29, 0.717) is 6.42 Å². The molecule has 2 rings (SSSR count). The lowest BCUT2D eigenvalue weighted by Crippen LogP contribution is -2.17. The van der Waals surface area contributed by atoms with Gasteiger partial charge in [0.1, 0.15) is 4.33 Å². The molecule has 1 aromatic carbocycles. The van der Waals surface area contributed by atoms with Gasteiger partial charge in [0, 0.05) is 5.69 Å². The number of carbonyl (C=O) groups excluding carboxylic acids is 1. The first-order valence-electron chi connectivity index (χ1n) is 5.17. The maximum atomic E-state index is 11.8. The summed E-state index contributed by atoms with van der Waals surface area (Å²) in [5.41, 5.74) is 3.06.